The van der Waals surface area contributed by atoms with Crippen molar-refractivity contribution in [2.45, 2.75) is 70.6 Å². The van der Waals surface area contributed by atoms with Crippen molar-refractivity contribution >= 4 is 12.0 Å². The highest BCUT2D eigenvalue weighted by Crippen LogP contribution is 2.36. The Labute approximate surface area is 113 Å². The van der Waals surface area contributed by atoms with E-state index in [1.165, 1.54) is 6.42 Å². The van der Waals surface area contributed by atoms with E-state index in [4.69, 9.17) is 4.74 Å². The highest BCUT2D eigenvalue weighted by atomic mass is 16.6. The average molecular weight is 269 g/mol. The quantitative estimate of drug-likeness (QED) is 0.740. The largest absolute Gasteiger partial charge is 0.443 e. The number of amides is 2. The van der Waals surface area contributed by atoms with Gasteiger partial charge in [0, 0.05) is 0 Å². The minimum absolute atomic E-state index is 0.217. The minimum Gasteiger partial charge on any atom is -0.443 e. The second kappa shape index (κ2) is 5.12. The van der Waals surface area contributed by atoms with Crippen LogP contribution < -0.4 is 0 Å². The van der Waals surface area contributed by atoms with E-state index in [1.54, 1.807) is 20.8 Å². The molecule has 2 fully saturated rings. The van der Waals surface area contributed by atoms with Crippen molar-refractivity contribution in [3.63, 3.8) is 0 Å². The standard InChI is InChI=1S/C14H23NO4/c1-14(2,3)19-13(18)15-10(11(16)12(15)17)9-7-5-4-6-8-9/h9-11,16H,4-8H2,1-3H3/t10-,11+/m0/s1. The summed E-state index contributed by atoms with van der Waals surface area (Å²) in [5.41, 5.74) is -0.630. The topological polar surface area (TPSA) is 66.8 Å². The third kappa shape index (κ3) is 2.91. The fourth-order valence-electron chi connectivity index (χ4n) is 2.96. The molecule has 5 nitrogen and oxygen atoms in total. The number of imide groups is 1. The zero-order valence-electron chi connectivity index (χ0n) is 11.9. The molecule has 2 aliphatic rings. The van der Waals surface area contributed by atoms with Crippen LogP contribution in [0.1, 0.15) is 52.9 Å². The molecule has 1 saturated carbocycles. The number of β-lactam (4-membered cyclic amide) rings is 1. The summed E-state index contributed by atoms with van der Waals surface area (Å²) in [5, 5.41) is 9.85. The molecular formula is C14H23NO4. The van der Waals surface area contributed by atoms with Crippen LogP contribution in [0, 0.1) is 5.92 Å². The van der Waals surface area contributed by atoms with E-state index in [0.717, 1.165) is 30.6 Å². The van der Waals surface area contributed by atoms with Crippen LogP contribution in [0.25, 0.3) is 0 Å². The summed E-state index contributed by atoms with van der Waals surface area (Å²) in [7, 11) is 0. The number of carbonyl (C=O) groups excluding carboxylic acids is 2. The maximum absolute atomic E-state index is 12.0. The Bertz CT molecular complexity index is 368. The molecule has 2 rings (SSSR count). The molecule has 0 bridgehead atoms. The van der Waals surface area contributed by atoms with Gasteiger partial charge in [-0.2, -0.15) is 0 Å². The van der Waals surface area contributed by atoms with Crippen molar-refractivity contribution in [1.29, 1.82) is 0 Å². The lowest BCUT2D eigenvalue weighted by Gasteiger charge is -2.47. The highest BCUT2D eigenvalue weighted by Gasteiger charge is 2.54. The molecule has 2 amide bonds. The molecule has 1 aliphatic heterocycles. The van der Waals surface area contributed by atoms with Crippen LogP contribution in [0.15, 0.2) is 0 Å². The summed E-state index contributed by atoms with van der Waals surface area (Å²) in [4.78, 5) is 24.9. The number of ether oxygens (including phenoxy) is 1. The van der Waals surface area contributed by atoms with Gasteiger partial charge in [0.2, 0.25) is 0 Å². The molecule has 1 saturated heterocycles. The van der Waals surface area contributed by atoms with Gasteiger partial charge in [0.05, 0.1) is 6.04 Å². The van der Waals surface area contributed by atoms with Crippen molar-refractivity contribution in [3.05, 3.63) is 0 Å². The van der Waals surface area contributed by atoms with Gasteiger partial charge < -0.3 is 9.84 Å². The lowest BCUT2D eigenvalue weighted by atomic mass is 9.77. The van der Waals surface area contributed by atoms with Gasteiger partial charge in [-0.3, -0.25) is 4.79 Å². The number of aliphatic hydroxyl groups excluding tert-OH is 1. The molecule has 5 heteroatoms. The van der Waals surface area contributed by atoms with Gasteiger partial charge in [0.1, 0.15) is 5.60 Å². The number of hydrogen-bond acceptors (Lipinski definition) is 4. The van der Waals surface area contributed by atoms with E-state index >= 15 is 0 Å². The summed E-state index contributed by atoms with van der Waals surface area (Å²) in [6.07, 6.45) is 3.67. The second-order valence-electron chi connectivity index (χ2n) is 6.52. The van der Waals surface area contributed by atoms with E-state index in [1.807, 2.05) is 0 Å². The van der Waals surface area contributed by atoms with Gasteiger partial charge in [0.25, 0.3) is 5.91 Å². The summed E-state index contributed by atoms with van der Waals surface area (Å²) in [5.74, 6) is -0.307. The molecule has 0 aromatic rings. The number of aliphatic hydroxyl groups is 1. The molecule has 0 unspecified atom stereocenters. The molecule has 19 heavy (non-hydrogen) atoms. The first-order chi connectivity index (χ1) is 8.81. The predicted octanol–water partition coefficient (Wildman–Crippen LogP) is 2.07. The molecule has 0 radical (unpaired) electrons. The molecule has 0 aromatic carbocycles. The molecule has 1 N–H and O–H groups in total. The third-order valence-corrected chi connectivity index (χ3v) is 3.84. The van der Waals surface area contributed by atoms with E-state index in [2.05, 4.69) is 0 Å². The van der Waals surface area contributed by atoms with Crippen LogP contribution in [-0.2, 0) is 9.53 Å². The second-order valence-corrected chi connectivity index (χ2v) is 6.52. The zero-order valence-corrected chi connectivity index (χ0v) is 11.9. The van der Waals surface area contributed by atoms with Gasteiger partial charge >= 0.3 is 6.09 Å². The predicted molar refractivity (Wildman–Crippen MR) is 69.4 cm³/mol. The van der Waals surface area contributed by atoms with Crippen LogP contribution >= 0.6 is 0 Å². The van der Waals surface area contributed by atoms with Crippen molar-refractivity contribution in [2.24, 2.45) is 5.92 Å². The van der Waals surface area contributed by atoms with Crippen LogP contribution in [0.5, 0.6) is 0 Å². The Hall–Kier alpha value is -1.10. The number of rotatable bonds is 1. The molecule has 0 aromatic heterocycles. The lowest BCUT2D eigenvalue weighted by molar-refractivity contribution is -0.169. The van der Waals surface area contributed by atoms with Crippen LogP contribution in [0.3, 0.4) is 0 Å². The first-order valence-electron chi connectivity index (χ1n) is 7.05. The fraction of sp³-hybridized carbons (Fsp3) is 0.857. The summed E-state index contributed by atoms with van der Waals surface area (Å²) in [6.45, 7) is 5.30. The van der Waals surface area contributed by atoms with E-state index in [-0.39, 0.29) is 12.0 Å². The van der Waals surface area contributed by atoms with Crippen molar-refractivity contribution in [3.8, 4) is 0 Å². The first kappa shape index (κ1) is 14.3. The SMILES string of the molecule is CC(C)(C)OC(=O)N1C(=O)[C@H](O)[C@@H]1C1CCCCC1. The Morgan fingerprint density at radius 1 is 1.26 bits per heavy atom. The van der Waals surface area contributed by atoms with Gasteiger partial charge in [0.15, 0.2) is 6.10 Å². The van der Waals surface area contributed by atoms with Crippen molar-refractivity contribution in [1.82, 2.24) is 4.90 Å². The molecule has 1 heterocycles. The third-order valence-electron chi connectivity index (χ3n) is 3.84. The number of carbonyl (C=O) groups is 2. The lowest BCUT2D eigenvalue weighted by Crippen LogP contribution is -2.69. The smallest absolute Gasteiger partial charge is 0.417 e. The van der Waals surface area contributed by atoms with Crippen LogP contribution in [0.4, 0.5) is 4.79 Å². The van der Waals surface area contributed by atoms with E-state index in [0.29, 0.717) is 0 Å². The summed E-state index contributed by atoms with van der Waals surface area (Å²) in [6, 6.07) is -0.386. The normalized spacial score (nSPS) is 29.1. The average Bonchev–Trinajstić information content (AvgIpc) is 2.33. The Kier molecular flexibility index (Phi) is 3.85. The molecule has 2 atom stereocenters. The highest BCUT2D eigenvalue weighted by molar-refractivity contribution is 6.01. The number of likely N-dealkylation sites (tertiary alicyclic amines) is 1. The monoisotopic (exact) mass is 269 g/mol. The maximum atomic E-state index is 12.0. The van der Waals surface area contributed by atoms with E-state index in [9.17, 15) is 14.7 Å². The minimum atomic E-state index is -1.03. The summed E-state index contributed by atoms with van der Waals surface area (Å²) < 4.78 is 5.24. The molecule has 0 spiro atoms. The fourth-order valence-corrected chi connectivity index (χ4v) is 2.96. The Morgan fingerprint density at radius 3 is 2.37 bits per heavy atom. The molecule has 108 valence electrons. The van der Waals surface area contributed by atoms with Gasteiger partial charge in [-0.05, 0) is 39.5 Å². The van der Waals surface area contributed by atoms with Crippen molar-refractivity contribution in [2.75, 3.05) is 0 Å². The van der Waals surface area contributed by atoms with Crippen LogP contribution in [0.2, 0.25) is 0 Å². The molecule has 1 aliphatic carbocycles. The Morgan fingerprint density at radius 2 is 1.84 bits per heavy atom. The maximum Gasteiger partial charge on any atom is 0.417 e. The number of nitrogens with zero attached hydrogens (tertiary/aromatic N) is 1. The van der Waals surface area contributed by atoms with E-state index < -0.39 is 23.7 Å². The van der Waals surface area contributed by atoms with Gasteiger partial charge in [-0.25, -0.2) is 9.69 Å². The van der Waals surface area contributed by atoms with Crippen molar-refractivity contribution < 1.29 is 19.4 Å². The van der Waals surface area contributed by atoms with Crippen LogP contribution in [-0.4, -0.2) is 39.8 Å². The first-order valence-corrected chi connectivity index (χ1v) is 7.05. The zero-order chi connectivity index (χ0) is 14.2. The summed E-state index contributed by atoms with van der Waals surface area (Å²) >= 11 is 0. The van der Waals surface area contributed by atoms with Gasteiger partial charge in [-0.1, -0.05) is 19.3 Å². The number of hydrogen-bond donors (Lipinski definition) is 1. The molecular weight excluding hydrogens is 246 g/mol. The Balaban J connectivity index is 2.05. The van der Waals surface area contributed by atoms with Gasteiger partial charge in [-0.15, -0.1) is 0 Å².